The van der Waals surface area contributed by atoms with Crippen LogP contribution in [-0.4, -0.2) is 31.0 Å². The fourth-order valence-electron chi connectivity index (χ4n) is 3.36. The Hall–Kier alpha value is -3.28. The number of hydrogen-bond donors (Lipinski definition) is 1. The van der Waals surface area contributed by atoms with Gasteiger partial charge in [-0.15, -0.1) is 0 Å². The minimum Gasteiger partial charge on any atom is -0.493 e. The zero-order valence-electron chi connectivity index (χ0n) is 15.8. The van der Waals surface area contributed by atoms with Crippen LogP contribution < -0.4 is 19.5 Å². The second-order valence-corrected chi connectivity index (χ2v) is 6.81. The molecule has 0 saturated carbocycles. The van der Waals surface area contributed by atoms with Crippen molar-refractivity contribution in [3.8, 4) is 17.2 Å². The molecule has 0 bridgehead atoms. The number of rotatable bonds is 5. The van der Waals surface area contributed by atoms with Crippen molar-refractivity contribution < 1.29 is 23.8 Å². The van der Waals surface area contributed by atoms with Crippen LogP contribution in [0, 0.1) is 0 Å². The van der Waals surface area contributed by atoms with Gasteiger partial charge in [0.15, 0.2) is 12.4 Å². The molecule has 1 N–H and O–H groups in total. The first-order chi connectivity index (χ1) is 13.5. The summed E-state index contributed by atoms with van der Waals surface area (Å²) >= 11 is 0. The van der Waals surface area contributed by atoms with Crippen molar-refractivity contribution >= 4 is 23.5 Å². The van der Waals surface area contributed by atoms with Gasteiger partial charge < -0.3 is 19.5 Å². The van der Waals surface area contributed by atoms with E-state index in [9.17, 15) is 9.59 Å². The predicted molar refractivity (Wildman–Crippen MR) is 105 cm³/mol. The molecular weight excluding hydrogens is 358 g/mol. The van der Waals surface area contributed by atoms with Crippen molar-refractivity contribution in [1.82, 2.24) is 0 Å². The molecule has 0 spiro atoms. The number of anilines is 1. The molecule has 6 heteroatoms. The maximum Gasteiger partial charge on any atom is 0.262 e. The third-order valence-electron chi connectivity index (χ3n) is 4.64. The van der Waals surface area contributed by atoms with Crippen LogP contribution in [0.4, 0.5) is 5.69 Å². The zero-order valence-corrected chi connectivity index (χ0v) is 15.8. The highest BCUT2D eigenvalue weighted by molar-refractivity contribution is 6.08. The van der Waals surface area contributed by atoms with Gasteiger partial charge in [-0.2, -0.15) is 0 Å². The zero-order chi connectivity index (χ0) is 19.7. The molecule has 28 heavy (non-hydrogen) atoms. The second-order valence-electron chi connectivity index (χ2n) is 6.81. The number of ketones is 1. The summed E-state index contributed by atoms with van der Waals surface area (Å²) in [6, 6.07) is 8.88. The van der Waals surface area contributed by atoms with E-state index < -0.39 is 0 Å². The van der Waals surface area contributed by atoms with Crippen LogP contribution in [0.1, 0.15) is 35.3 Å². The Morgan fingerprint density at radius 3 is 2.96 bits per heavy atom. The van der Waals surface area contributed by atoms with Crippen LogP contribution in [0.15, 0.2) is 36.4 Å². The van der Waals surface area contributed by atoms with E-state index in [0.717, 1.165) is 29.0 Å². The molecule has 0 saturated heterocycles. The van der Waals surface area contributed by atoms with Crippen LogP contribution in [0.3, 0.4) is 0 Å². The molecule has 1 unspecified atom stereocenters. The molecule has 0 aromatic heterocycles. The second kappa shape index (κ2) is 7.38. The van der Waals surface area contributed by atoms with Gasteiger partial charge in [0.1, 0.15) is 23.4 Å². The van der Waals surface area contributed by atoms with Crippen molar-refractivity contribution in [3.05, 3.63) is 53.1 Å². The molecule has 6 nitrogen and oxygen atoms in total. The Balaban J connectivity index is 1.59. The summed E-state index contributed by atoms with van der Waals surface area (Å²) in [5, 5.41) is 2.71. The smallest absolute Gasteiger partial charge is 0.262 e. The molecule has 2 aromatic rings. The molecule has 2 aliphatic rings. The average Bonchev–Trinajstić information content (AvgIpc) is 3.04. The number of benzene rings is 2. The van der Waals surface area contributed by atoms with Gasteiger partial charge in [-0.3, -0.25) is 9.59 Å². The quantitative estimate of drug-likeness (QED) is 0.634. The lowest BCUT2D eigenvalue weighted by Gasteiger charge is -2.18. The first-order valence-corrected chi connectivity index (χ1v) is 9.29. The van der Waals surface area contributed by atoms with Gasteiger partial charge in [-0.25, -0.2) is 0 Å². The highest BCUT2D eigenvalue weighted by Gasteiger charge is 2.21. The Bertz CT molecular complexity index is 979. The van der Waals surface area contributed by atoms with Crippen molar-refractivity contribution in [2.24, 2.45) is 0 Å². The molecule has 144 valence electrons. The first kappa shape index (κ1) is 18.1. The summed E-state index contributed by atoms with van der Waals surface area (Å²) in [5.74, 6) is 1.70. The lowest BCUT2D eigenvalue weighted by atomic mass is 10.0. The van der Waals surface area contributed by atoms with Crippen molar-refractivity contribution in [2.75, 3.05) is 18.5 Å². The number of fused-ring (bicyclic) bond motifs is 2. The monoisotopic (exact) mass is 379 g/mol. The van der Waals surface area contributed by atoms with Crippen LogP contribution in [0.5, 0.6) is 17.2 Å². The number of hydrogen-bond acceptors (Lipinski definition) is 5. The number of carbonyl (C=O) groups excluding carboxylic acids is 2. The van der Waals surface area contributed by atoms with Crippen LogP contribution >= 0.6 is 0 Å². The van der Waals surface area contributed by atoms with Crippen molar-refractivity contribution in [3.63, 3.8) is 0 Å². The first-order valence-electron chi connectivity index (χ1n) is 9.29. The highest BCUT2D eigenvalue weighted by atomic mass is 16.5. The van der Waals surface area contributed by atoms with Gasteiger partial charge in [0.05, 0.1) is 12.3 Å². The molecule has 4 rings (SSSR count). The van der Waals surface area contributed by atoms with E-state index >= 15 is 0 Å². The van der Waals surface area contributed by atoms with Gasteiger partial charge in [-0.1, -0.05) is 0 Å². The van der Waals surface area contributed by atoms with Crippen molar-refractivity contribution in [1.29, 1.82) is 0 Å². The molecule has 0 fully saturated rings. The van der Waals surface area contributed by atoms with Crippen LogP contribution in [0.2, 0.25) is 0 Å². The van der Waals surface area contributed by atoms with Gasteiger partial charge >= 0.3 is 0 Å². The van der Waals surface area contributed by atoms with Crippen molar-refractivity contribution in [2.45, 2.75) is 26.4 Å². The molecular formula is C22H21NO5. The Morgan fingerprint density at radius 2 is 2.14 bits per heavy atom. The molecule has 2 aromatic carbocycles. The molecule has 0 aliphatic carbocycles. The lowest BCUT2D eigenvalue weighted by molar-refractivity contribution is -0.118. The van der Waals surface area contributed by atoms with E-state index in [1.807, 2.05) is 26.0 Å². The maximum atomic E-state index is 12.6. The highest BCUT2D eigenvalue weighted by Crippen LogP contribution is 2.36. The fourth-order valence-corrected chi connectivity index (χ4v) is 3.36. The molecule has 1 atom stereocenters. The van der Waals surface area contributed by atoms with Crippen LogP contribution in [-0.2, 0) is 11.2 Å². The number of carbonyl (C=O) groups is 2. The van der Waals surface area contributed by atoms with Gasteiger partial charge in [0, 0.05) is 23.1 Å². The van der Waals surface area contributed by atoms with Crippen LogP contribution in [0.25, 0.3) is 6.08 Å². The van der Waals surface area contributed by atoms with E-state index in [2.05, 4.69) is 5.32 Å². The Labute approximate surface area is 163 Å². The normalized spacial score (nSPS) is 17.4. The summed E-state index contributed by atoms with van der Waals surface area (Å²) in [6.07, 6.45) is 4.21. The summed E-state index contributed by atoms with van der Waals surface area (Å²) in [6.45, 7) is 4.47. The largest absolute Gasteiger partial charge is 0.493 e. The summed E-state index contributed by atoms with van der Waals surface area (Å²) in [7, 11) is 0. The summed E-state index contributed by atoms with van der Waals surface area (Å²) < 4.78 is 16.9. The Kier molecular flexibility index (Phi) is 4.77. The number of ether oxygens (including phenoxy) is 3. The van der Waals surface area contributed by atoms with Gasteiger partial charge in [0.25, 0.3) is 5.91 Å². The molecule has 2 heterocycles. The van der Waals surface area contributed by atoms with E-state index in [-0.39, 0.29) is 24.4 Å². The number of nitrogens with one attached hydrogen (secondary N) is 1. The molecule has 2 aliphatic heterocycles. The minimum absolute atomic E-state index is 0.0145. The Morgan fingerprint density at radius 1 is 1.29 bits per heavy atom. The standard InChI is InChI=1S/C22H21NO5/c1-3-26-20-11-16-8-13(2)28-21(16)10-15(20)4-6-18(24)14-5-7-19-17(9-14)23-22(25)12-27-19/h4-7,9-11,13H,3,8,12H2,1-2H3,(H,23,25)/b6-4+. The summed E-state index contributed by atoms with van der Waals surface area (Å²) in [5.41, 5.74) is 2.87. The molecule has 1 amide bonds. The van der Waals surface area contributed by atoms with Gasteiger partial charge in [-0.05, 0) is 56.3 Å². The average molecular weight is 379 g/mol. The maximum absolute atomic E-state index is 12.6. The number of amides is 1. The minimum atomic E-state index is -0.235. The van der Waals surface area contributed by atoms with Gasteiger partial charge in [0.2, 0.25) is 0 Å². The predicted octanol–water partition coefficient (Wildman–Crippen LogP) is 3.64. The summed E-state index contributed by atoms with van der Waals surface area (Å²) in [4.78, 5) is 24.1. The van der Waals surface area contributed by atoms with E-state index in [1.165, 1.54) is 6.08 Å². The number of allylic oxidation sites excluding steroid dienone is 1. The third-order valence-corrected chi connectivity index (χ3v) is 4.64. The topological polar surface area (TPSA) is 73.9 Å². The third kappa shape index (κ3) is 3.58. The van der Waals surface area contributed by atoms with E-state index in [0.29, 0.717) is 23.6 Å². The molecule has 0 radical (unpaired) electrons. The lowest BCUT2D eigenvalue weighted by Crippen LogP contribution is -2.25. The van der Waals surface area contributed by atoms with E-state index in [4.69, 9.17) is 14.2 Å². The van der Waals surface area contributed by atoms with E-state index in [1.54, 1.807) is 24.3 Å². The fraction of sp³-hybridized carbons (Fsp3) is 0.273. The SMILES string of the molecule is CCOc1cc2c(cc1/C=C/C(=O)c1ccc3c(c1)NC(=O)CO3)OC(C)C2.